The van der Waals surface area contributed by atoms with Crippen LogP contribution in [0.25, 0.3) is 0 Å². The molecule has 3 aromatic carbocycles. The summed E-state index contributed by atoms with van der Waals surface area (Å²) >= 11 is 0. The van der Waals surface area contributed by atoms with Gasteiger partial charge in [0.05, 0.1) is 12.6 Å². The molecular weight excluding hydrogens is 326 g/mol. The van der Waals surface area contributed by atoms with Crippen LogP contribution >= 0.6 is 0 Å². The molecular formula is C26H32N+. The maximum absolute atomic E-state index is 2.51. The minimum atomic E-state index is 0.456. The van der Waals surface area contributed by atoms with Gasteiger partial charge in [0, 0.05) is 18.8 Å². The number of rotatable bonds is 9. The van der Waals surface area contributed by atoms with Crippen LogP contribution in [0, 0.1) is 5.92 Å². The van der Waals surface area contributed by atoms with Gasteiger partial charge in [0.1, 0.15) is 0 Å². The zero-order valence-electron chi connectivity index (χ0n) is 16.6. The molecule has 140 valence electrons. The van der Waals surface area contributed by atoms with Crippen molar-refractivity contribution in [3.05, 3.63) is 108 Å². The quantitative estimate of drug-likeness (QED) is 0.552. The third-order valence-corrected chi connectivity index (χ3v) is 5.47. The zero-order chi connectivity index (χ0) is 18.9. The van der Waals surface area contributed by atoms with Gasteiger partial charge in [0.2, 0.25) is 0 Å². The van der Waals surface area contributed by atoms with Gasteiger partial charge < -0.3 is 5.32 Å². The molecule has 0 saturated heterocycles. The number of benzene rings is 3. The summed E-state index contributed by atoms with van der Waals surface area (Å²) in [6.45, 7) is 5.93. The molecule has 0 radical (unpaired) electrons. The fourth-order valence-electron chi connectivity index (χ4n) is 4.17. The molecule has 1 nitrogen and oxygen atoms in total. The third-order valence-electron chi connectivity index (χ3n) is 5.47. The highest BCUT2D eigenvalue weighted by Gasteiger charge is 2.23. The van der Waals surface area contributed by atoms with Gasteiger partial charge in [-0.3, -0.25) is 0 Å². The van der Waals surface area contributed by atoms with Crippen molar-refractivity contribution in [2.45, 2.75) is 38.6 Å². The molecule has 0 amide bonds. The van der Waals surface area contributed by atoms with Crippen LogP contribution in [0.4, 0.5) is 0 Å². The van der Waals surface area contributed by atoms with E-state index < -0.39 is 0 Å². The molecule has 2 N–H and O–H groups in total. The van der Waals surface area contributed by atoms with Crippen molar-refractivity contribution < 1.29 is 5.32 Å². The van der Waals surface area contributed by atoms with Gasteiger partial charge in [-0.15, -0.1) is 0 Å². The first kappa shape index (κ1) is 19.4. The Bertz CT molecular complexity index is 728. The lowest BCUT2D eigenvalue weighted by molar-refractivity contribution is -0.687. The molecule has 2 atom stereocenters. The maximum Gasteiger partial charge on any atom is 0.0833 e. The fraction of sp³-hybridized carbons (Fsp3) is 0.308. The van der Waals surface area contributed by atoms with Gasteiger partial charge in [0.15, 0.2) is 0 Å². The van der Waals surface area contributed by atoms with E-state index in [1.165, 1.54) is 23.1 Å². The summed E-state index contributed by atoms with van der Waals surface area (Å²) in [5.74, 6) is 1.05. The summed E-state index contributed by atoms with van der Waals surface area (Å²) < 4.78 is 0. The van der Waals surface area contributed by atoms with Crippen LogP contribution in [0.5, 0.6) is 0 Å². The van der Waals surface area contributed by atoms with Crippen molar-refractivity contribution in [2.24, 2.45) is 5.92 Å². The van der Waals surface area contributed by atoms with Gasteiger partial charge in [-0.2, -0.15) is 0 Å². The van der Waals surface area contributed by atoms with E-state index in [2.05, 4.69) is 110 Å². The van der Waals surface area contributed by atoms with E-state index in [0.717, 1.165) is 13.0 Å². The Kier molecular flexibility index (Phi) is 7.24. The van der Waals surface area contributed by atoms with Crippen LogP contribution in [0.15, 0.2) is 91.0 Å². The largest absolute Gasteiger partial charge is 0.344 e. The summed E-state index contributed by atoms with van der Waals surface area (Å²) in [6, 6.07) is 33.4. The molecule has 0 aliphatic heterocycles. The molecule has 0 aromatic heterocycles. The average Bonchev–Trinajstić information content (AvgIpc) is 2.70. The lowest BCUT2D eigenvalue weighted by Crippen LogP contribution is -2.89. The molecule has 0 saturated carbocycles. The van der Waals surface area contributed by atoms with E-state index in [-0.39, 0.29) is 0 Å². The molecule has 0 aliphatic rings. The second kappa shape index (κ2) is 10.1. The predicted octanol–water partition coefficient (Wildman–Crippen LogP) is 5.04. The summed E-state index contributed by atoms with van der Waals surface area (Å²) in [6.07, 6.45) is 2.35. The van der Waals surface area contributed by atoms with Crippen molar-refractivity contribution in [3.63, 3.8) is 0 Å². The van der Waals surface area contributed by atoms with Gasteiger partial charge in [-0.25, -0.2) is 0 Å². The van der Waals surface area contributed by atoms with E-state index in [0.29, 0.717) is 17.9 Å². The molecule has 0 fully saturated rings. The summed E-state index contributed by atoms with van der Waals surface area (Å²) in [5.41, 5.74) is 4.28. The predicted molar refractivity (Wildman–Crippen MR) is 115 cm³/mol. The maximum atomic E-state index is 2.51. The summed E-state index contributed by atoms with van der Waals surface area (Å²) in [7, 11) is 0. The molecule has 0 spiro atoms. The molecule has 3 aromatic rings. The average molecular weight is 359 g/mol. The van der Waals surface area contributed by atoms with Crippen molar-refractivity contribution in [1.82, 2.24) is 0 Å². The van der Waals surface area contributed by atoms with Crippen molar-refractivity contribution >= 4 is 0 Å². The van der Waals surface area contributed by atoms with Crippen LogP contribution in [-0.4, -0.2) is 12.6 Å². The Labute approximate surface area is 164 Å². The van der Waals surface area contributed by atoms with E-state index >= 15 is 0 Å². The van der Waals surface area contributed by atoms with Crippen LogP contribution in [0.2, 0.25) is 0 Å². The SMILES string of the molecule is C[C@H](C[C@@H](C)C(c1ccccc1)c1ccccc1)[NH2+]CCc1ccccc1. The Morgan fingerprint density at radius 1 is 0.667 bits per heavy atom. The Morgan fingerprint density at radius 2 is 1.15 bits per heavy atom. The lowest BCUT2D eigenvalue weighted by atomic mass is 9.79. The van der Waals surface area contributed by atoms with Gasteiger partial charge in [0.25, 0.3) is 0 Å². The van der Waals surface area contributed by atoms with Gasteiger partial charge in [-0.05, 0) is 29.5 Å². The Balaban J connectivity index is 1.61. The molecule has 0 aliphatic carbocycles. The third kappa shape index (κ3) is 5.80. The second-order valence-electron chi connectivity index (χ2n) is 7.75. The smallest absolute Gasteiger partial charge is 0.0833 e. The minimum absolute atomic E-state index is 0.456. The molecule has 27 heavy (non-hydrogen) atoms. The summed E-state index contributed by atoms with van der Waals surface area (Å²) in [5, 5.41) is 2.51. The first-order valence-corrected chi connectivity index (χ1v) is 10.2. The number of quaternary nitrogens is 1. The van der Waals surface area contributed by atoms with Crippen molar-refractivity contribution in [2.75, 3.05) is 6.54 Å². The molecule has 0 bridgehead atoms. The fourth-order valence-corrected chi connectivity index (χ4v) is 4.17. The van der Waals surface area contributed by atoms with Crippen LogP contribution in [-0.2, 0) is 6.42 Å². The molecule has 0 unspecified atom stereocenters. The highest BCUT2D eigenvalue weighted by Crippen LogP contribution is 2.33. The van der Waals surface area contributed by atoms with Crippen LogP contribution in [0.3, 0.4) is 0 Å². The van der Waals surface area contributed by atoms with E-state index in [1.807, 2.05) is 0 Å². The van der Waals surface area contributed by atoms with Gasteiger partial charge >= 0.3 is 0 Å². The Hall–Kier alpha value is -2.38. The van der Waals surface area contributed by atoms with E-state index in [1.54, 1.807) is 0 Å². The van der Waals surface area contributed by atoms with Crippen LogP contribution in [0.1, 0.15) is 42.9 Å². The highest BCUT2D eigenvalue weighted by molar-refractivity contribution is 5.33. The minimum Gasteiger partial charge on any atom is -0.344 e. The number of hydrogen-bond acceptors (Lipinski definition) is 0. The van der Waals surface area contributed by atoms with Crippen molar-refractivity contribution in [3.8, 4) is 0 Å². The van der Waals surface area contributed by atoms with E-state index in [4.69, 9.17) is 0 Å². The first-order chi connectivity index (χ1) is 13.2. The second-order valence-corrected chi connectivity index (χ2v) is 7.75. The van der Waals surface area contributed by atoms with E-state index in [9.17, 15) is 0 Å². The highest BCUT2D eigenvalue weighted by atomic mass is 14.9. The van der Waals surface area contributed by atoms with Crippen LogP contribution < -0.4 is 5.32 Å². The number of hydrogen-bond donors (Lipinski definition) is 1. The monoisotopic (exact) mass is 358 g/mol. The first-order valence-electron chi connectivity index (χ1n) is 10.2. The summed E-state index contributed by atoms with van der Waals surface area (Å²) in [4.78, 5) is 0. The molecule has 3 rings (SSSR count). The van der Waals surface area contributed by atoms with Crippen molar-refractivity contribution in [1.29, 1.82) is 0 Å². The Morgan fingerprint density at radius 3 is 1.67 bits per heavy atom. The number of nitrogens with two attached hydrogens (primary N) is 1. The molecule has 0 heterocycles. The normalized spacial score (nSPS) is 13.4. The topological polar surface area (TPSA) is 16.6 Å². The lowest BCUT2D eigenvalue weighted by Gasteiger charge is -2.27. The van der Waals surface area contributed by atoms with Gasteiger partial charge in [-0.1, -0.05) is 97.9 Å². The zero-order valence-corrected chi connectivity index (χ0v) is 16.6. The standard InChI is InChI=1S/C26H31N/c1-21(20-22(2)27-19-18-23-12-6-3-7-13-23)26(24-14-8-4-9-15-24)25-16-10-5-11-17-25/h3-17,21-22,26-27H,18-20H2,1-2H3/p+1/t21-,22-/m1/s1. The molecule has 1 heteroatoms.